The number of fused-ring (bicyclic) bond motifs is 1. The summed E-state index contributed by atoms with van der Waals surface area (Å²) in [5.41, 5.74) is 3.05. The predicted octanol–water partition coefficient (Wildman–Crippen LogP) is 4.15. The molecule has 0 amide bonds. The molecular weight excluding hydrogens is 323 g/mol. The number of aliphatic hydroxyl groups is 1. The second-order valence-electron chi connectivity index (χ2n) is 4.95. The van der Waals surface area contributed by atoms with Crippen molar-refractivity contribution < 1.29 is 14.2 Å². The summed E-state index contributed by atoms with van der Waals surface area (Å²) in [6, 6.07) is 10.6. The number of hydrogen-bond acceptors (Lipinski definition) is 2. The van der Waals surface area contributed by atoms with E-state index in [-0.39, 0.29) is 11.9 Å². The maximum Gasteiger partial charge on any atom is 0.137 e. The van der Waals surface area contributed by atoms with Gasteiger partial charge in [-0.05, 0) is 69.7 Å². The van der Waals surface area contributed by atoms with Crippen LogP contribution in [0.5, 0.6) is 5.75 Å². The zero-order chi connectivity index (χ0) is 14.1. The van der Waals surface area contributed by atoms with E-state index in [0.29, 0.717) is 11.1 Å². The Labute approximate surface area is 125 Å². The summed E-state index contributed by atoms with van der Waals surface area (Å²) in [4.78, 5) is 0. The van der Waals surface area contributed by atoms with Crippen LogP contribution in [0.15, 0.2) is 40.9 Å². The average molecular weight is 337 g/mol. The molecule has 2 aromatic rings. The van der Waals surface area contributed by atoms with Crippen molar-refractivity contribution in [2.45, 2.75) is 25.6 Å². The number of aliphatic hydroxyl groups excluding tert-OH is 1. The molecule has 0 aromatic heterocycles. The van der Waals surface area contributed by atoms with Crippen molar-refractivity contribution in [2.75, 3.05) is 0 Å². The Bertz CT molecular complexity index is 642. The molecule has 0 bridgehead atoms. The van der Waals surface area contributed by atoms with Gasteiger partial charge in [-0.1, -0.05) is 12.1 Å². The summed E-state index contributed by atoms with van der Waals surface area (Å²) >= 11 is 3.16. The largest absolute Gasteiger partial charge is 0.489 e. The monoisotopic (exact) mass is 336 g/mol. The summed E-state index contributed by atoms with van der Waals surface area (Å²) in [5, 5.41) is 9.76. The van der Waals surface area contributed by atoms with Gasteiger partial charge >= 0.3 is 0 Å². The lowest BCUT2D eigenvalue weighted by atomic mass is 10.1. The van der Waals surface area contributed by atoms with Crippen molar-refractivity contribution in [1.29, 1.82) is 0 Å². The predicted molar refractivity (Wildman–Crippen MR) is 78.2 cm³/mol. The molecule has 0 heterocycles. The molecule has 2 aromatic carbocycles. The number of halogens is 2. The third-order valence-electron chi connectivity index (χ3n) is 3.55. The van der Waals surface area contributed by atoms with Crippen molar-refractivity contribution >= 4 is 15.9 Å². The van der Waals surface area contributed by atoms with Gasteiger partial charge in [-0.2, -0.15) is 0 Å². The molecule has 1 N–H and O–H groups in total. The second kappa shape index (κ2) is 5.54. The highest BCUT2D eigenvalue weighted by atomic mass is 79.9. The Morgan fingerprint density at radius 1 is 1.25 bits per heavy atom. The van der Waals surface area contributed by atoms with Crippen LogP contribution < -0.4 is 4.74 Å². The van der Waals surface area contributed by atoms with Crippen molar-refractivity contribution in [3.05, 3.63) is 63.4 Å². The average Bonchev–Trinajstić information content (AvgIpc) is 2.81. The lowest BCUT2D eigenvalue weighted by Gasteiger charge is -2.09. The highest BCUT2D eigenvalue weighted by Crippen LogP contribution is 2.33. The van der Waals surface area contributed by atoms with Crippen LogP contribution >= 0.6 is 15.9 Å². The van der Waals surface area contributed by atoms with Crippen LogP contribution in [0, 0.1) is 5.82 Å². The number of ether oxygens (including phenoxy) is 1. The first-order chi connectivity index (χ1) is 9.63. The molecule has 4 heteroatoms. The fourth-order valence-corrected chi connectivity index (χ4v) is 2.88. The van der Waals surface area contributed by atoms with E-state index in [9.17, 15) is 9.50 Å². The van der Waals surface area contributed by atoms with Crippen molar-refractivity contribution in [2.24, 2.45) is 0 Å². The first-order valence-electron chi connectivity index (χ1n) is 6.51. The zero-order valence-corrected chi connectivity index (χ0v) is 12.4. The quantitative estimate of drug-likeness (QED) is 0.912. The Hall–Kier alpha value is -1.39. The summed E-state index contributed by atoms with van der Waals surface area (Å²) < 4.78 is 19.3. The van der Waals surface area contributed by atoms with E-state index in [2.05, 4.69) is 15.9 Å². The van der Waals surface area contributed by atoms with Crippen LogP contribution in [0.25, 0.3) is 0 Å². The first kappa shape index (κ1) is 13.6. The van der Waals surface area contributed by atoms with Gasteiger partial charge in [0.2, 0.25) is 0 Å². The fourth-order valence-electron chi connectivity index (χ4n) is 2.46. The van der Waals surface area contributed by atoms with Gasteiger partial charge in [-0.15, -0.1) is 0 Å². The van der Waals surface area contributed by atoms with E-state index in [0.717, 1.165) is 35.3 Å². The third kappa shape index (κ3) is 2.72. The van der Waals surface area contributed by atoms with Gasteiger partial charge in [0, 0.05) is 0 Å². The molecule has 0 spiro atoms. The van der Waals surface area contributed by atoms with Gasteiger partial charge in [0.05, 0.1) is 10.6 Å². The van der Waals surface area contributed by atoms with Crippen molar-refractivity contribution in [3.63, 3.8) is 0 Å². The molecule has 0 radical (unpaired) electrons. The molecule has 0 unspecified atom stereocenters. The van der Waals surface area contributed by atoms with Gasteiger partial charge in [0.1, 0.15) is 18.2 Å². The fraction of sp³-hybridized carbons (Fsp3) is 0.250. The Kier molecular flexibility index (Phi) is 3.76. The van der Waals surface area contributed by atoms with Gasteiger partial charge in [-0.3, -0.25) is 0 Å². The lowest BCUT2D eigenvalue weighted by molar-refractivity contribution is 0.180. The van der Waals surface area contributed by atoms with E-state index < -0.39 is 0 Å². The van der Waals surface area contributed by atoms with E-state index >= 15 is 0 Å². The summed E-state index contributed by atoms with van der Waals surface area (Å²) in [6.07, 6.45) is 1.33. The lowest BCUT2D eigenvalue weighted by Crippen LogP contribution is -1.97. The van der Waals surface area contributed by atoms with Crippen molar-refractivity contribution in [3.8, 4) is 5.75 Å². The molecule has 0 aliphatic heterocycles. The second-order valence-corrected chi connectivity index (χ2v) is 5.81. The minimum atomic E-state index is -0.341. The molecule has 20 heavy (non-hydrogen) atoms. The van der Waals surface area contributed by atoms with E-state index in [1.807, 2.05) is 18.2 Å². The molecule has 1 aliphatic rings. The zero-order valence-electron chi connectivity index (χ0n) is 10.8. The molecular formula is C16H14BrFO2. The van der Waals surface area contributed by atoms with Gasteiger partial charge < -0.3 is 9.84 Å². The molecule has 3 rings (SSSR count). The van der Waals surface area contributed by atoms with Crippen LogP contribution in [0.1, 0.15) is 29.2 Å². The Morgan fingerprint density at radius 3 is 2.90 bits per heavy atom. The molecule has 104 valence electrons. The van der Waals surface area contributed by atoms with Gasteiger partial charge in [0.15, 0.2) is 0 Å². The topological polar surface area (TPSA) is 29.5 Å². The van der Waals surface area contributed by atoms with E-state index in [1.165, 1.54) is 6.07 Å². The van der Waals surface area contributed by atoms with E-state index in [1.54, 1.807) is 12.1 Å². The van der Waals surface area contributed by atoms with E-state index in [4.69, 9.17) is 4.74 Å². The standard InChI is InChI=1S/C16H14BrFO2/c17-14-7-10(1-5-15(14)18)9-20-12-3-4-13-11(8-12)2-6-16(13)19/h1,3-5,7-8,16,19H,2,6,9H2/t16-/m1/s1. The highest BCUT2D eigenvalue weighted by molar-refractivity contribution is 9.10. The van der Waals surface area contributed by atoms with Crippen LogP contribution in [0.2, 0.25) is 0 Å². The van der Waals surface area contributed by atoms with Crippen LogP contribution in [-0.2, 0) is 13.0 Å². The molecule has 1 atom stereocenters. The number of benzene rings is 2. The molecule has 0 saturated heterocycles. The smallest absolute Gasteiger partial charge is 0.137 e. The maximum absolute atomic E-state index is 13.1. The van der Waals surface area contributed by atoms with Crippen LogP contribution in [0.3, 0.4) is 0 Å². The normalized spacial score (nSPS) is 17.1. The summed E-state index contributed by atoms with van der Waals surface area (Å²) in [6.45, 7) is 0.389. The first-order valence-corrected chi connectivity index (χ1v) is 7.30. The SMILES string of the molecule is O[C@@H]1CCc2cc(OCc3ccc(F)c(Br)c3)ccc21. The Balaban J connectivity index is 1.71. The Morgan fingerprint density at radius 2 is 2.10 bits per heavy atom. The molecule has 1 aliphatic carbocycles. The summed E-state index contributed by atoms with van der Waals surface area (Å²) in [7, 11) is 0. The minimum absolute atomic E-state index is 0.278. The third-order valence-corrected chi connectivity index (χ3v) is 4.16. The highest BCUT2D eigenvalue weighted by Gasteiger charge is 2.20. The van der Waals surface area contributed by atoms with Gasteiger partial charge in [-0.25, -0.2) is 4.39 Å². The number of aryl methyl sites for hydroxylation is 1. The molecule has 0 fully saturated rings. The number of rotatable bonds is 3. The van der Waals surface area contributed by atoms with Crippen molar-refractivity contribution in [1.82, 2.24) is 0 Å². The molecule has 0 saturated carbocycles. The minimum Gasteiger partial charge on any atom is -0.489 e. The van der Waals surface area contributed by atoms with Gasteiger partial charge in [0.25, 0.3) is 0 Å². The van der Waals surface area contributed by atoms with Crippen LogP contribution in [-0.4, -0.2) is 5.11 Å². The number of hydrogen-bond donors (Lipinski definition) is 1. The maximum atomic E-state index is 13.1. The summed E-state index contributed by atoms with van der Waals surface area (Å²) in [5.74, 6) is 0.499. The molecule has 2 nitrogen and oxygen atoms in total. The van der Waals surface area contributed by atoms with Crippen LogP contribution in [0.4, 0.5) is 4.39 Å².